The molecule has 2 aromatic heterocycles. The van der Waals surface area contributed by atoms with E-state index < -0.39 is 6.09 Å². The van der Waals surface area contributed by atoms with E-state index in [9.17, 15) is 4.79 Å². The second-order valence-electron chi connectivity index (χ2n) is 5.10. The summed E-state index contributed by atoms with van der Waals surface area (Å²) in [5, 5.41) is 11.5. The van der Waals surface area contributed by atoms with Crippen LogP contribution in [0.15, 0.2) is 43.0 Å². The summed E-state index contributed by atoms with van der Waals surface area (Å²) < 4.78 is 6.97. The number of hydrogen-bond donors (Lipinski definition) is 2. The molecule has 1 amide bonds. The Labute approximate surface area is 138 Å². The molecule has 124 valence electrons. The highest BCUT2D eigenvalue weighted by molar-refractivity contribution is 5.93. The summed E-state index contributed by atoms with van der Waals surface area (Å²) in [6.45, 7) is 0.843. The number of carbonyl (C=O) groups is 1. The van der Waals surface area contributed by atoms with Crippen LogP contribution in [0.3, 0.4) is 0 Å². The van der Waals surface area contributed by atoms with Gasteiger partial charge in [-0.3, -0.25) is 5.32 Å². The summed E-state index contributed by atoms with van der Waals surface area (Å²) in [7, 11) is 0. The highest BCUT2D eigenvalue weighted by Gasteiger charge is 2.13. The quantitative estimate of drug-likeness (QED) is 0.717. The topological polar surface area (TPSA) is 102 Å². The first-order valence-electron chi connectivity index (χ1n) is 7.52. The predicted octanol–water partition coefficient (Wildman–Crippen LogP) is 1.96. The van der Waals surface area contributed by atoms with E-state index in [4.69, 9.17) is 9.84 Å². The van der Waals surface area contributed by atoms with Crippen LogP contribution in [-0.4, -0.2) is 37.3 Å². The van der Waals surface area contributed by atoms with Gasteiger partial charge in [-0.1, -0.05) is 30.3 Å². The number of imidazole rings is 1. The molecule has 2 heterocycles. The number of aromatic nitrogens is 4. The van der Waals surface area contributed by atoms with Crippen LogP contribution in [-0.2, 0) is 17.9 Å². The number of carbonyl (C=O) groups excluding carboxylic acids is 1. The van der Waals surface area contributed by atoms with Crippen molar-refractivity contribution >= 4 is 23.1 Å². The summed E-state index contributed by atoms with van der Waals surface area (Å²) in [5.74, 6) is 0.292. The average Bonchev–Trinajstić information content (AvgIpc) is 3.03. The number of nitrogens with one attached hydrogen (secondary N) is 1. The van der Waals surface area contributed by atoms with E-state index in [1.807, 2.05) is 30.3 Å². The average molecular weight is 327 g/mol. The molecule has 0 spiro atoms. The molecule has 0 bridgehead atoms. The Hall–Kier alpha value is -3.00. The largest absolute Gasteiger partial charge is 0.444 e. The first-order chi connectivity index (χ1) is 11.8. The molecule has 2 N–H and O–H groups in total. The van der Waals surface area contributed by atoms with Gasteiger partial charge in [0.05, 0.1) is 6.33 Å². The van der Waals surface area contributed by atoms with E-state index >= 15 is 0 Å². The standard InChI is InChI=1S/C16H17N5O3/c22-8-4-7-21-11-19-13-14(17-10-18-15(13)21)20-16(23)24-9-12-5-2-1-3-6-12/h1-3,5-6,10-11,22H,4,7-9H2,(H,17,18,20,23). The Kier molecular flexibility index (Phi) is 4.97. The number of amides is 1. The molecule has 0 saturated carbocycles. The van der Waals surface area contributed by atoms with Crippen LogP contribution < -0.4 is 5.32 Å². The molecule has 0 radical (unpaired) electrons. The summed E-state index contributed by atoms with van der Waals surface area (Å²) >= 11 is 0. The maximum Gasteiger partial charge on any atom is 0.413 e. The van der Waals surface area contributed by atoms with Crippen molar-refractivity contribution in [2.45, 2.75) is 19.6 Å². The molecule has 3 rings (SSSR count). The van der Waals surface area contributed by atoms with Gasteiger partial charge in [-0.05, 0) is 12.0 Å². The zero-order valence-corrected chi connectivity index (χ0v) is 12.9. The lowest BCUT2D eigenvalue weighted by Crippen LogP contribution is -2.15. The molecule has 0 fully saturated rings. The Morgan fingerprint density at radius 2 is 2.04 bits per heavy atom. The van der Waals surface area contributed by atoms with Crippen LogP contribution >= 0.6 is 0 Å². The highest BCUT2D eigenvalue weighted by atomic mass is 16.5. The van der Waals surface area contributed by atoms with Gasteiger partial charge in [0.1, 0.15) is 12.9 Å². The molecule has 8 heteroatoms. The summed E-state index contributed by atoms with van der Waals surface area (Å²) in [6.07, 6.45) is 2.95. The molecule has 0 aliphatic carbocycles. The number of ether oxygens (including phenoxy) is 1. The maximum atomic E-state index is 11.9. The molecule has 1 aromatic carbocycles. The maximum absolute atomic E-state index is 11.9. The van der Waals surface area contributed by atoms with E-state index in [-0.39, 0.29) is 13.2 Å². The van der Waals surface area contributed by atoms with Crippen molar-refractivity contribution in [1.29, 1.82) is 0 Å². The fraction of sp³-hybridized carbons (Fsp3) is 0.250. The number of anilines is 1. The van der Waals surface area contributed by atoms with Crippen molar-refractivity contribution in [3.8, 4) is 0 Å². The number of nitrogens with zero attached hydrogens (tertiary/aromatic N) is 4. The first-order valence-corrected chi connectivity index (χ1v) is 7.52. The van der Waals surface area contributed by atoms with Gasteiger partial charge in [0, 0.05) is 13.2 Å². The molecule has 0 saturated heterocycles. The lowest BCUT2D eigenvalue weighted by Gasteiger charge is -2.07. The van der Waals surface area contributed by atoms with Gasteiger partial charge in [0.25, 0.3) is 0 Å². The minimum atomic E-state index is -0.608. The van der Waals surface area contributed by atoms with Gasteiger partial charge in [-0.25, -0.2) is 19.7 Å². The van der Waals surface area contributed by atoms with Crippen molar-refractivity contribution in [3.63, 3.8) is 0 Å². The molecule has 0 atom stereocenters. The Morgan fingerprint density at radius 3 is 2.83 bits per heavy atom. The van der Waals surface area contributed by atoms with Crippen molar-refractivity contribution in [2.75, 3.05) is 11.9 Å². The van der Waals surface area contributed by atoms with E-state index in [1.54, 1.807) is 10.9 Å². The highest BCUT2D eigenvalue weighted by Crippen LogP contribution is 2.17. The number of rotatable bonds is 6. The normalized spacial score (nSPS) is 10.7. The Bertz CT molecular complexity index is 819. The van der Waals surface area contributed by atoms with Crippen LogP contribution in [0.2, 0.25) is 0 Å². The third-order valence-corrected chi connectivity index (χ3v) is 3.39. The summed E-state index contributed by atoms with van der Waals surface area (Å²) in [4.78, 5) is 24.4. The number of aliphatic hydroxyl groups excluding tert-OH is 1. The van der Waals surface area contributed by atoms with Crippen LogP contribution in [0.25, 0.3) is 11.2 Å². The fourth-order valence-corrected chi connectivity index (χ4v) is 2.23. The predicted molar refractivity (Wildman–Crippen MR) is 87.3 cm³/mol. The third kappa shape index (κ3) is 3.66. The number of aryl methyl sites for hydroxylation is 1. The van der Waals surface area contributed by atoms with Crippen molar-refractivity contribution in [1.82, 2.24) is 19.5 Å². The van der Waals surface area contributed by atoms with Crippen LogP contribution in [0.5, 0.6) is 0 Å². The van der Waals surface area contributed by atoms with Crippen LogP contribution in [0.4, 0.5) is 10.6 Å². The lowest BCUT2D eigenvalue weighted by molar-refractivity contribution is 0.155. The van der Waals surface area contributed by atoms with Gasteiger partial charge in [-0.2, -0.15) is 0 Å². The van der Waals surface area contributed by atoms with E-state index in [1.165, 1.54) is 6.33 Å². The zero-order chi connectivity index (χ0) is 16.8. The fourth-order valence-electron chi connectivity index (χ4n) is 2.23. The number of benzene rings is 1. The minimum absolute atomic E-state index is 0.0850. The second kappa shape index (κ2) is 7.51. The monoisotopic (exact) mass is 327 g/mol. The van der Waals surface area contributed by atoms with Gasteiger partial charge < -0.3 is 14.4 Å². The van der Waals surface area contributed by atoms with E-state index in [0.717, 1.165) is 5.56 Å². The third-order valence-electron chi connectivity index (χ3n) is 3.39. The molecule has 8 nitrogen and oxygen atoms in total. The smallest absolute Gasteiger partial charge is 0.413 e. The van der Waals surface area contributed by atoms with Gasteiger partial charge >= 0.3 is 6.09 Å². The molecular weight excluding hydrogens is 310 g/mol. The lowest BCUT2D eigenvalue weighted by atomic mass is 10.2. The number of hydrogen-bond acceptors (Lipinski definition) is 6. The van der Waals surface area contributed by atoms with Crippen molar-refractivity contribution < 1.29 is 14.6 Å². The molecule has 24 heavy (non-hydrogen) atoms. The van der Waals surface area contributed by atoms with E-state index in [0.29, 0.717) is 29.9 Å². The number of aliphatic hydroxyl groups is 1. The van der Waals surface area contributed by atoms with E-state index in [2.05, 4.69) is 20.3 Å². The van der Waals surface area contributed by atoms with Crippen LogP contribution in [0, 0.1) is 0 Å². The van der Waals surface area contributed by atoms with Crippen LogP contribution in [0.1, 0.15) is 12.0 Å². The van der Waals surface area contributed by atoms with Crippen molar-refractivity contribution in [2.24, 2.45) is 0 Å². The first kappa shape index (κ1) is 15.9. The van der Waals surface area contributed by atoms with Gasteiger partial charge in [0.15, 0.2) is 17.0 Å². The minimum Gasteiger partial charge on any atom is -0.444 e. The summed E-state index contributed by atoms with van der Waals surface area (Å²) in [6, 6.07) is 9.40. The molecule has 0 unspecified atom stereocenters. The zero-order valence-electron chi connectivity index (χ0n) is 12.9. The molecular formula is C16H17N5O3. The molecule has 0 aliphatic rings. The summed E-state index contributed by atoms with van der Waals surface area (Å²) in [5.41, 5.74) is 1.97. The second-order valence-corrected chi connectivity index (χ2v) is 5.10. The SMILES string of the molecule is O=C(Nc1ncnc2c1ncn2CCCO)OCc1ccccc1. The molecule has 3 aromatic rings. The molecule has 0 aliphatic heterocycles. The van der Waals surface area contributed by atoms with Gasteiger partial charge in [-0.15, -0.1) is 0 Å². The number of fused-ring (bicyclic) bond motifs is 1. The van der Waals surface area contributed by atoms with Gasteiger partial charge in [0.2, 0.25) is 0 Å². The van der Waals surface area contributed by atoms with Crippen molar-refractivity contribution in [3.05, 3.63) is 48.5 Å². The Balaban J connectivity index is 1.68. The Morgan fingerprint density at radius 1 is 1.21 bits per heavy atom.